The highest BCUT2D eigenvalue weighted by Gasteiger charge is 2.00. The molecule has 0 radical (unpaired) electrons. The molecule has 0 unspecified atom stereocenters. The molecule has 0 aliphatic heterocycles. The molecule has 102 valence electrons. The van der Waals surface area contributed by atoms with Crippen LogP contribution in [-0.2, 0) is 9.53 Å². The van der Waals surface area contributed by atoms with E-state index in [1.165, 1.54) is 6.42 Å². The Balaban J connectivity index is 3.06. The number of nitrogens with zero attached hydrogens (tertiary/aromatic N) is 1. The number of carbonyl (C=O) groups excluding carboxylic acids is 1. The van der Waals surface area contributed by atoms with E-state index >= 15 is 0 Å². The topological polar surface area (TPSA) is 41.6 Å². The highest BCUT2D eigenvalue weighted by atomic mass is 16.5. The second-order valence-electron chi connectivity index (χ2n) is 4.52. The summed E-state index contributed by atoms with van der Waals surface area (Å²) in [5.41, 5.74) is 0. The molecule has 0 spiro atoms. The fraction of sp³-hybridized carbons (Fsp3) is 0.923. The standard InChI is InChI=1S/C13H28N2O2/c1-4-17-13(16)9-6-5-7-10-14-11-8-12-15(2)3/h14H,4-12H2,1-3H3. The summed E-state index contributed by atoms with van der Waals surface area (Å²) in [6.45, 7) is 5.60. The summed E-state index contributed by atoms with van der Waals surface area (Å²) in [5.74, 6) is -0.0635. The van der Waals surface area contributed by atoms with Gasteiger partial charge in [0.05, 0.1) is 6.61 Å². The predicted molar refractivity (Wildman–Crippen MR) is 71.1 cm³/mol. The Hall–Kier alpha value is -0.610. The first-order chi connectivity index (χ1) is 8.16. The van der Waals surface area contributed by atoms with Gasteiger partial charge < -0.3 is 15.0 Å². The van der Waals surface area contributed by atoms with Crippen molar-refractivity contribution in [2.24, 2.45) is 0 Å². The quantitative estimate of drug-likeness (QED) is 0.443. The average Bonchev–Trinajstić information content (AvgIpc) is 2.27. The van der Waals surface area contributed by atoms with Crippen LogP contribution in [-0.4, -0.2) is 51.2 Å². The number of hydrogen-bond acceptors (Lipinski definition) is 4. The first-order valence-electron chi connectivity index (χ1n) is 6.68. The third kappa shape index (κ3) is 13.3. The highest BCUT2D eigenvalue weighted by Crippen LogP contribution is 2.00. The Bertz CT molecular complexity index is 184. The molecule has 0 bridgehead atoms. The minimum Gasteiger partial charge on any atom is -0.466 e. The van der Waals surface area contributed by atoms with E-state index in [0.29, 0.717) is 13.0 Å². The molecule has 0 saturated heterocycles. The molecule has 0 aromatic heterocycles. The number of carbonyl (C=O) groups is 1. The summed E-state index contributed by atoms with van der Waals surface area (Å²) < 4.78 is 4.86. The van der Waals surface area contributed by atoms with Crippen molar-refractivity contribution in [3.63, 3.8) is 0 Å². The van der Waals surface area contributed by atoms with Crippen molar-refractivity contribution in [1.82, 2.24) is 10.2 Å². The molecule has 0 aliphatic rings. The number of hydrogen-bond donors (Lipinski definition) is 1. The third-order valence-electron chi connectivity index (χ3n) is 2.50. The van der Waals surface area contributed by atoms with E-state index in [0.717, 1.165) is 38.9 Å². The number of rotatable bonds is 11. The second-order valence-corrected chi connectivity index (χ2v) is 4.52. The normalized spacial score (nSPS) is 10.8. The fourth-order valence-electron chi connectivity index (χ4n) is 1.57. The van der Waals surface area contributed by atoms with Crippen molar-refractivity contribution in [3.8, 4) is 0 Å². The Morgan fingerprint density at radius 2 is 1.82 bits per heavy atom. The lowest BCUT2D eigenvalue weighted by Gasteiger charge is -2.09. The molecule has 1 N–H and O–H groups in total. The zero-order chi connectivity index (χ0) is 12.9. The van der Waals surface area contributed by atoms with Crippen LogP contribution < -0.4 is 5.32 Å². The van der Waals surface area contributed by atoms with Crippen LogP contribution in [0.1, 0.15) is 39.0 Å². The average molecular weight is 244 g/mol. The molecule has 4 nitrogen and oxygen atoms in total. The first kappa shape index (κ1) is 16.4. The summed E-state index contributed by atoms with van der Waals surface area (Å²) in [7, 11) is 4.19. The molecule has 17 heavy (non-hydrogen) atoms. The molecule has 4 heteroatoms. The molecular weight excluding hydrogens is 216 g/mol. The monoisotopic (exact) mass is 244 g/mol. The van der Waals surface area contributed by atoms with Crippen LogP contribution in [0.2, 0.25) is 0 Å². The van der Waals surface area contributed by atoms with E-state index in [4.69, 9.17) is 4.74 Å². The van der Waals surface area contributed by atoms with Gasteiger partial charge in [-0.25, -0.2) is 0 Å². The van der Waals surface area contributed by atoms with Gasteiger partial charge >= 0.3 is 5.97 Å². The van der Waals surface area contributed by atoms with Gasteiger partial charge in [-0.1, -0.05) is 6.42 Å². The Morgan fingerprint density at radius 1 is 1.12 bits per heavy atom. The summed E-state index contributed by atoms with van der Waals surface area (Å²) in [4.78, 5) is 13.2. The minimum absolute atomic E-state index is 0.0635. The predicted octanol–water partition coefficient (Wildman–Crippen LogP) is 1.65. The maximum atomic E-state index is 11.0. The van der Waals surface area contributed by atoms with Gasteiger partial charge in [0.2, 0.25) is 0 Å². The van der Waals surface area contributed by atoms with Crippen LogP contribution in [0.25, 0.3) is 0 Å². The van der Waals surface area contributed by atoms with Crippen LogP contribution in [0.15, 0.2) is 0 Å². The van der Waals surface area contributed by atoms with E-state index in [-0.39, 0.29) is 5.97 Å². The SMILES string of the molecule is CCOC(=O)CCCCCNCCCN(C)C. The van der Waals surface area contributed by atoms with Crippen molar-refractivity contribution >= 4 is 5.97 Å². The lowest BCUT2D eigenvalue weighted by molar-refractivity contribution is -0.143. The first-order valence-corrected chi connectivity index (χ1v) is 6.68. The summed E-state index contributed by atoms with van der Waals surface area (Å²) in [6.07, 6.45) is 4.93. The van der Waals surface area contributed by atoms with Crippen LogP contribution in [0, 0.1) is 0 Å². The largest absolute Gasteiger partial charge is 0.466 e. The maximum Gasteiger partial charge on any atom is 0.305 e. The van der Waals surface area contributed by atoms with E-state index in [1.807, 2.05) is 6.92 Å². The molecule has 0 fully saturated rings. The smallest absolute Gasteiger partial charge is 0.305 e. The van der Waals surface area contributed by atoms with Crippen LogP contribution >= 0.6 is 0 Å². The van der Waals surface area contributed by atoms with Gasteiger partial charge in [0, 0.05) is 6.42 Å². The van der Waals surface area contributed by atoms with E-state index in [9.17, 15) is 4.79 Å². The highest BCUT2D eigenvalue weighted by molar-refractivity contribution is 5.69. The van der Waals surface area contributed by atoms with Gasteiger partial charge in [-0.3, -0.25) is 4.79 Å². The van der Waals surface area contributed by atoms with E-state index < -0.39 is 0 Å². The number of nitrogens with one attached hydrogen (secondary N) is 1. The molecule has 0 heterocycles. The van der Waals surface area contributed by atoms with Crippen LogP contribution in [0.3, 0.4) is 0 Å². The van der Waals surface area contributed by atoms with E-state index in [2.05, 4.69) is 24.3 Å². The summed E-state index contributed by atoms with van der Waals surface area (Å²) in [5, 5.41) is 3.41. The Morgan fingerprint density at radius 3 is 2.47 bits per heavy atom. The van der Waals surface area contributed by atoms with E-state index in [1.54, 1.807) is 0 Å². The van der Waals surface area contributed by atoms with Crippen molar-refractivity contribution < 1.29 is 9.53 Å². The van der Waals surface area contributed by atoms with Gasteiger partial charge in [-0.05, 0) is 59.9 Å². The molecule has 0 amide bonds. The zero-order valence-corrected chi connectivity index (χ0v) is 11.6. The number of ether oxygens (including phenoxy) is 1. The van der Waals surface area contributed by atoms with Gasteiger partial charge in [-0.2, -0.15) is 0 Å². The molecular formula is C13H28N2O2. The van der Waals surface area contributed by atoms with Crippen molar-refractivity contribution in [2.45, 2.75) is 39.0 Å². The molecule has 0 atom stereocenters. The zero-order valence-electron chi connectivity index (χ0n) is 11.6. The summed E-state index contributed by atoms with van der Waals surface area (Å²) >= 11 is 0. The fourth-order valence-corrected chi connectivity index (χ4v) is 1.57. The minimum atomic E-state index is -0.0635. The molecule has 0 rings (SSSR count). The Labute approximate surface area is 106 Å². The van der Waals surface area contributed by atoms with Gasteiger partial charge in [0.1, 0.15) is 0 Å². The van der Waals surface area contributed by atoms with Crippen molar-refractivity contribution in [2.75, 3.05) is 40.3 Å². The van der Waals surface area contributed by atoms with Gasteiger partial charge in [0.15, 0.2) is 0 Å². The lowest BCUT2D eigenvalue weighted by atomic mass is 10.2. The van der Waals surface area contributed by atoms with Gasteiger partial charge in [0.25, 0.3) is 0 Å². The molecule has 0 aromatic rings. The van der Waals surface area contributed by atoms with Crippen LogP contribution in [0.4, 0.5) is 0 Å². The lowest BCUT2D eigenvalue weighted by Crippen LogP contribution is -2.22. The van der Waals surface area contributed by atoms with Crippen molar-refractivity contribution in [3.05, 3.63) is 0 Å². The third-order valence-corrected chi connectivity index (χ3v) is 2.50. The van der Waals surface area contributed by atoms with Crippen molar-refractivity contribution in [1.29, 1.82) is 0 Å². The maximum absolute atomic E-state index is 11.0. The Kier molecular flexibility index (Phi) is 11.4. The number of unbranched alkanes of at least 4 members (excludes halogenated alkanes) is 2. The second kappa shape index (κ2) is 11.9. The van der Waals surface area contributed by atoms with Crippen LogP contribution in [0.5, 0.6) is 0 Å². The number of esters is 1. The summed E-state index contributed by atoms with van der Waals surface area (Å²) in [6, 6.07) is 0. The molecule has 0 aliphatic carbocycles. The molecule has 0 aromatic carbocycles. The molecule has 0 saturated carbocycles. The van der Waals surface area contributed by atoms with Gasteiger partial charge in [-0.15, -0.1) is 0 Å².